The van der Waals surface area contributed by atoms with E-state index in [1.165, 1.54) is 30.7 Å². The highest BCUT2D eigenvalue weighted by Gasteiger charge is 2.34. The average Bonchev–Trinajstić information content (AvgIpc) is 3.69. The van der Waals surface area contributed by atoms with Crippen LogP contribution in [-0.2, 0) is 0 Å². The summed E-state index contributed by atoms with van der Waals surface area (Å²) in [4.78, 5) is 7.47. The fourth-order valence-corrected chi connectivity index (χ4v) is 12.1. The maximum Gasteiger partial charge on any atom is 0.159 e. The van der Waals surface area contributed by atoms with E-state index < -0.39 is 10.0 Å². The Kier molecular flexibility index (Phi) is 8.98. The molecule has 0 aliphatic carbocycles. The van der Waals surface area contributed by atoms with Crippen LogP contribution < -0.4 is 4.90 Å². The normalized spacial score (nSPS) is 11.8. The molecule has 1 heterocycles. The second-order valence-electron chi connectivity index (χ2n) is 14.1. The van der Waals surface area contributed by atoms with E-state index in [1.807, 2.05) is 0 Å². The molecule has 10 rings (SSSR count). The molecule has 0 atom stereocenters. The van der Waals surface area contributed by atoms with Gasteiger partial charge in [0.25, 0.3) is 0 Å². The number of furan rings is 1. The monoisotopic (exact) mass is 749 g/mol. The minimum absolute atomic E-state index is 0.848. The zero-order valence-corrected chi connectivity index (χ0v) is 32.1. The second kappa shape index (κ2) is 14.9. The first kappa shape index (κ1) is 34.4. The molecule has 272 valence electrons. The number of hydrogen-bond acceptors (Lipinski definition) is 2. The van der Waals surface area contributed by atoms with Gasteiger partial charge in [0, 0.05) is 47.3 Å². The smallest absolute Gasteiger partial charge is 0.159 e. The van der Waals surface area contributed by atoms with E-state index in [9.17, 15) is 0 Å². The number of benzene rings is 9. The third-order valence-corrected chi connectivity index (χ3v) is 14.7. The van der Waals surface area contributed by atoms with Crippen molar-refractivity contribution in [1.82, 2.24) is 0 Å². The molecule has 10 aromatic rings. The van der Waals surface area contributed by atoms with Crippen LogP contribution in [0.3, 0.4) is 0 Å². The lowest BCUT2D eigenvalue weighted by Gasteiger charge is -2.42. The molecule has 2 nitrogen and oxygen atoms in total. The molecule has 0 fully saturated rings. The van der Waals surface area contributed by atoms with Gasteiger partial charge in [0.15, 0.2) is 5.58 Å². The summed E-state index contributed by atoms with van der Waals surface area (Å²) >= 11 is 0. The highest BCUT2D eigenvalue weighted by Crippen LogP contribution is 2.73. The topological polar surface area (TPSA) is 16.4 Å². The van der Waals surface area contributed by atoms with E-state index in [0.717, 1.165) is 50.1 Å². The van der Waals surface area contributed by atoms with Crippen LogP contribution in [0.2, 0.25) is 0 Å². The van der Waals surface area contributed by atoms with Gasteiger partial charge in [-0.25, -0.2) is 0 Å². The summed E-state index contributed by atoms with van der Waals surface area (Å²) in [5, 5.41) is 2.18. The fraction of sp³-hybridized carbons (Fsp3) is 0. The molecule has 3 heteroatoms. The van der Waals surface area contributed by atoms with Crippen molar-refractivity contribution < 1.29 is 4.42 Å². The summed E-state index contributed by atoms with van der Waals surface area (Å²) in [6.45, 7) is 0. The minimum atomic E-state index is -1.92. The van der Waals surface area contributed by atoms with E-state index >= 15 is 0 Å². The molecule has 0 unspecified atom stereocenters. The lowest BCUT2D eigenvalue weighted by molar-refractivity contribution is 0.670. The summed E-state index contributed by atoms with van der Waals surface area (Å²) < 4.78 is 7.06. The molecule has 0 saturated carbocycles. The van der Waals surface area contributed by atoms with E-state index in [4.69, 9.17) is 4.42 Å². The summed E-state index contributed by atoms with van der Waals surface area (Å²) in [5.41, 5.74) is 9.38. The van der Waals surface area contributed by atoms with Crippen LogP contribution in [0, 0.1) is 0 Å². The van der Waals surface area contributed by atoms with Crippen molar-refractivity contribution >= 4 is 49.0 Å². The summed E-state index contributed by atoms with van der Waals surface area (Å²) in [7, 11) is -1.92. The van der Waals surface area contributed by atoms with Crippen molar-refractivity contribution in [2.45, 2.75) is 19.6 Å². The molecule has 0 amide bonds. The molecule has 0 bridgehead atoms. The number of hydrogen-bond donors (Lipinski definition) is 0. The van der Waals surface area contributed by atoms with Crippen LogP contribution in [0.25, 0.3) is 44.2 Å². The molecule has 0 radical (unpaired) electrons. The van der Waals surface area contributed by atoms with Gasteiger partial charge < -0.3 is 9.32 Å². The SMILES string of the molecule is c1ccc(-c2ccc(N(c3cccc(S(c4ccccc4)(c4ccccc4)c4ccccc4)c3)c3cccc4c3oc3c(-c5ccccc5)cccc34)cc2)cc1. The molecule has 0 spiro atoms. The number of fused-ring (bicyclic) bond motifs is 3. The van der Waals surface area contributed by atoms with Gasteiger partial charge in [0.1, 0.15) is 5.58 Å². The van der Waals surface area contributed by atoms with Crippen LogP contribution in [0.5, 0.6) is 0 Å². The van der Waals surface area contributed by atoms with Gasteiger partial charge in [-0.05, 0) is 89.5 Å². The van der Waals surface area contributed by atoms with Crippen LogP contribution in [0.15, 0.2) is 261 Å². The third kappa shape index (κ3) is 6.10. The van der Waals surface area contributed by atoms with Crippen molar-refractivity contribution in [3.8, 4) is 22.3 Å². The largest absolute Gasteiger partial charge is 0.453 e. The third-order valence-electron chi connectivity index (χ3n) is 10.8. The summed E-state index contributed by atoms with van der Waals surface area (Å²) in [5.74, 6) is 0. The fourth-order valence-electron chi connectivity index (χ4n) is 8.19. The standard InChI is InChI=1S/C54H39NOS/c1-6-19-40(20-7-1)41-35-37-43(38-36-41)55(52-34-18-33-51-50-32-17-31-49(53(50)56-54(51)52)42-21-8-2-9-22-42)44-23-16-30-48(39-44)57(45-24-10-3-11-25-45,46-26-12-4-13-27-46)47-28-14-5-15-29-47/h1-39H. The highest BCUT2D eigenvalue weighted by molar-refractivity contribution is 8.34. The molecule has 1 aromatic heterocycles. The Morgan fingerprint density at radius 1 is 0.316 bits per heavy atom. The van der Waals surface area contributed by atoms with Gasteiger partial charge in [-0.1, -0.05) is 164 Å². The zero-order valence-electron chi connectivity index (χ0n) is 31.3. The molecular formula is C54H39NOS. The van der Waals surface area contributed by atoms with Crippen LogP contribution >= 0.6 is 10.0 Å². The Morgan fingerprint density at radius 3 is 1.35 bits per heavy atom. The van der Waals surface area contributed by atoms with E-state index in [0.29, 0.717) is 0 Å². The van der Waals surface area contributed by atoms with Crippen LogP contribution in [0.1, 0.15) is 0 Å². The Morgan fingerprint density at radius 2 is 0.772 bits per heavy atom. The van der Waals surface area contributed by atoms with Crippen molar-refractivity contribution in [1.29, 1.82) is 0 Å². The minimum Gasteiger partial charge on any atom is -0.453 e. The lowest BCUT2D eigenvalue weighted by atomic mass is 10.0. The Balaban J connectivity index is 1.23. The highest BCUT2D eigenvalue weighted by atomic mass is 32.3. The molecule has 0 aliphatic heterocycles. The first-order valence-electron chi connectivity index (χ1n) is 19.3. The van der Waals surface area contributed by atoms with Crippen LogP contribution in [-0.4, -0.2) is 0 Å². The molecule has 0 aliphatic rings. The molecule has 0 saturated heterocycles. The average molecular weight is 750 g/mol. The van der Waals surface area contributed by atoms with Gasteiger partial charge in [-0.15, -0.1) is 10.0 Å². The number of anilines is 3. The van der Waals surface area contributed by atoms with Gasteiger partial charge in [0.2, 0.25) is 0 Å². The summed E-state index contributed by atoms with van der Waals surface area (Å²) in [6, 6.07) is 85.3. The van der Waals surface area contributed by atoms with Crippen molar-refractivity contribution in [3.63, 3.8) is 0 Å². The van der Waals surface area contributed by atoms with Crippen molar-refractivity contribution in [2.75, 3.05) is 4.90 Å². The van der Waals surface area contributed by atoms with E-state index in [1.54, 1.807) is 0 Å². The van der Waals surface area contributed by atoms with Crippen LogP contribution in [0.4, 0.5) is 17.1 Å². The Bertz CT molecular complexity index is 2830. The number of para-hydroxylation sites is 2. The number of nitrogens with zero attached hydrogens (tertiary/aromatic N) is 1. The molecule has 0 N–H and O–H groups in total. The van der Waals surface area contributed by atoms with Crippen molar-refractivity contribution in [2.24, 2.45) is 0 Å². The van der Waals surface area contributed by atoms with Gasteiger partial charge in [-0.3, -0.25) is 0 Å². The first-order chi connectivity index (χ1) is 28.3. The van der Waals surface area contributed by atoms with Gasteiger partial charge in [0.05, 0.1) is 5.69 Å². The maximum absolute atomic E-state index is 7.06. The quantitative estimate of drug-likeness (QED) is 0.146. The second-order valence-corrected chi connectivity index (χ2v) is 17.2. The Labute approximate surface area is 335 Å². The zero-order chi connectivity index (χ0) is 38.0. The molecule has 9 aromatic carbocycles. The van der Waals surface area contributed by atoms with Gasteiger partial charge >= 0.3 is 0 Å². The molecular weight excluding hydrogens is 711 g/mol. The number of rotatable bonds is 9. The maximum atomic E-state index is 7.06. The predicted octanol–water partition coefficient (Wildman–Crippen LogP) is 15.7. The molecule has 57 heavy (non-hydrogen) atoms. The van der Waals surface area contributed by atoms with Gasteiger partial charge in [-0.2, -0.15) is 0 Å². The van der Waals surface area contributed by atoms with E-state index in [2.05, 4.69) is 241 Å². The summed E-state index contributed by atoms with van der Waals surface area (Å²) in [6.07, 6.45) is 0. The van der Waals surface area contributed by atoms with E-state index in [-0.39, 0.29) is 0 Å². The van der Waals surface area contributed by atoms with Crippen molar-refractivity contribution in [3.05, 3.63) is 237 Å². The Hall–Kier alpha value is -7.07. The lowest BCUT2D eigenvalue weighted by Crippen LogP contribution is -2.11. The predicted molar refractivity (Wildman–Crippen MR) is 239 cm³/mol. The first-order valence-corrected chi connectivity index (χ1v) is 21.0.